The Balaban J connectivity index is 1.69. The number of aromatic nitrogens is 3. The highest BCUT2D eigenvalue weighted by Gasteiger charge is 2.16. The second kappa shape index (κ2) is 6.36. The third kappa shape index (κ3) is 2.92. The van der Waals surface area contributed by atoms with Gasteiger partial charge in [0.05, 0.1) is 12.4 Å². The molecule has 6 heteroatoms. The van der Waals surface area contributed by atoms with Gasteiger partial charge in [0.2, 0.25) is 0 Å². The number of hydrogen-bond donors (Lipinski definition) is 0. The van der Waals surface area contributed by atoms with E-state index >= 15 is 0 Å². The lowest BCUT2D eigenvalue weighted by atomic mass is 10.1. The van der Waals surface area contributed by atoms with E-state index in [9.17, 15) is 4.79 Å². The fourth-order valence-corrected chi connectivity index (χ4v) is 3.27. The van der Waals surface area contributed by atoms with Crippen LogP contribution in [-0.4, -0.2) is 32.9 Å². The highest BCUT2D eigenvalue weighted by atomic mass is 32.2. The van der Waals surface area contributed by atoms with Crippen molar-refractivity contribution >= 4 is 17.5 Å². The zero-order valence-corrected chi connectivity index (χ0v) is 13.2. The van der Waals surface area contributed by atoms with Crippen LogP contribution >= 0.6 is 11.8 Å². The van der Waals surface area contributed by atoms with Crippen LogP contribution in [-0.2, 0) is 13.0 Å². The van der Waals surface area contributed by atoms with Crippen molar-refractivity contribution in [3.8, 4) is 5.75 Å². The van der Waals surface area contributed by atoms with E-state index in [1.54, 1.807) is 6.08 Å². The summed E-state index contributed by atoms with van der Waals surface area (Å²) in [7, 11) is 0. The zero-order chi connectivity index (χ0) is 15.5. The molecule has 0 amide bonds. The smallest absolute Gasteiger partial charge is 0.191 e. The minimum Gasteiger partial charge on any atom is -0.493 e. The van der Waals surface area contributed by atoms with E-state index in [1.165, 1.54) is 11.8 Å². The van der Waals surface area contributed by atoms with Gasteiger partial charge in [-0.3, -0.25) is 4.79 Å². The fourth-order valence-electron chi connectivity index (χ4n) is 2.38. The van der Waals surface area contributed by atoms with Gasteiger partial charge in [0.25, 0.3) is 0 Å². The molecule has 22 heavy (non-hydrogen) atoms. The number of allylic oxidation sites excluding steroid dienone is 1. The zero-order valence-electron chi connectivity index (χ0n) is 12.4. The quantitative estimate of drug-likeness (QED) is 0.466. The summed E-state index contributed by atoms with van der Waals surface area (Å²) in [6, 6.07) is 5.64. The molecule has 0 atom stereocenters. The number of hydrogen-bond acceptors (Lipinski definition) is 5. The number of benzene rings is 1. The van der Waals surface area contributed by atoms with Gasteiger partial charge in [0.15, 0.2) is 10.9 Å². The molecule has 0 bridgehead atoms. The number of nitrogens with zero attached hydrogens (tertiary/aromatic N) is 3. The third-order valence-electron chi connectivity index (χ3n) is 3.56. The van der Waals surface area contributed by atoms with Crippen LogP contribution in [0.5, 0.6) is 5.75 Å². The first-order valence-electron chi connectivity index (χ1n) is 7.11. The molecule has 0 aliphatic carbocycles. The van der Waals surface area contributed by atoms with Crippen molar-refractivity contribution in [2.75, 3.05) is 12.4 Å². The molecule has 2 aromatic rings. The highest BCUT2D eigenvalue weighted by molar-refractivity contribution is 7.99. The first kappa shape index (κ1) is 14.8. The van der Waals surface area contributed by atoms with E-state index < -0.39 is 0 Å². The summed E-state index contributed by atoms with van der Waals surface area (Å²) in [4.78, 5) is 12.4. The van der Waals surface area contributed by atoms with Gasteiger partial charge in [-0.05, 0) is 30.7 Å². The summed E-state index contributed by atoms with van der Waals surface area (Å²) in [6.07, 6.45) is 2.67. The number of rotatable bonds is 6. The van der Waals surface area contributed by atoms with E-state index in [-0.39, 0.29) is 5.78 Å². The molecule has 114 valence electrons. The van der Waals surface area contributed by atoms with E-state index in [4.69, 9.17) is 4.74 Å². The summed E-state index contributed by atoms with van der Waals surface area (Å²) >= 11 is 1.40. The van der Waals surface area contributed by atoms with Gasteiger partial charge >= 0.3 is 0 Å². The predicted molar refractivity (Wildman–Crippen MR) is 85.7 cm³/mol. The predicted octanol–water partition coefficient (Wildman–Crippen LogP) is 2.68. The van der Waals surface area contributed by atoms with Crippen molar-refractivity contribution in [3.63, 3.8) is 0 Å². The lowest BCUT2D eigenvalue weighted by Crippen LogP contribution is -2.05. The Morgan fingerprint density at radius 3 is 3.18 bits per heavy atom. The maximum atomic E-state index is 12.4. The summed E-state index contributed by atoms with van der Waals surface area (Å²) in [5.74, 6) is 2.15. The molecule has 1 aromatic heterocycles. The average molecular weight is 315 g/mol. The number of fused-ring (bicyclic) bond motifs is 1. The molecular weight excluding hydrogens is 298 g/mol. The van der Waals surface area contributed by atoms with E-state index in [2.05, 4.69) is 16.8 Å². The molecule has 0 spiro atoms. The summed E-state index contributed by atoms with van der Waals surface area (Å²) in [6.45, 7) is 6.97. The van der Waals surface area contributed by atoms with Crippen LogP contribution < -0.4 is 4.74 Å². The molecule has 3 rings (SSSR count). The van der Waals surface area contributed by atoms with Crippen molar-refractivity contribution in [2.24, 2.45) is 0 Å². The molecule has 2 heterocycles. The second-order valence-electron chi connectivity index (χ2n) is 5.06. The van der Waals surface area contributed by atoms with E-state index in [1.807, 2.05) is 29.7 Å². The molecule has 1 aliphatic heterocycles. The summed E-state index contributed by atoms with van der Waals surface area (Å²) < 4.78 is 7.41. The van der Waals surface area contributed by atoms with Gasteiger partial charge in [-0.15, -0.1) is 16.8 Å². The first-order chi connectivity index (χ1) is 10.7. The topological polar surface area (TPSA) is 57.0 Å². The van der Waals surface area contributed by atoms with Crippen molar-refractivity contribution < 1.29 is 9.53 Å². The van der Waals surface area contributed by atoms with Crippen LogP contribution in [0.15, 0.2) is 36.0 Å². The Labute approximate surface area is 133 Å². The lowest BCUT2D eigenvalue weighted by molar-refractivity contribution is 0.102. The fraction of sp³-hybridized carbons (Fsp3) is 0.312. The SMILES string of the molecule is C=CCn1c(C)nnc1SCC(=O)c1ccc2c(c1)CCO2. The van der Waals surface area contributed by atoms with Gasteiger partial charge in [0, 0.05) is 18.5 Å². The third-order valence-corrected chi connectivity index (χ3v) is 4.52. The van der Waals surface area contributed by atoms with Crippen LogP contribution in [0, 0.1) is 6.92 Å². The number of ether oxygens (including phenoxy) is 1. The highest BCUT2D eigenvalue weighted by Crippen LogP contribution is 2.27. The van der Waals surface area contributed by atoms with Gasteiger partial charge in [-0.1, -0.05) is 17.8 Å². The molecule has 1 aromatic carbocycles. The Kier molecular flexibility index (Phi) is 4.29. The van der Waals surface area contributed by atoms with Gasteiger partial charge in [0.1, 0.15) is 11.6 Å². The lowest BCUT2D eigenvalue weighted by Gasteiger charge is -2.06. The number of Topliss-reactive ketones (excluding diaryl/α,β-unsaturated/α-hetero) is 1. The molecule has 0 fully saturated rings. The Bertz CT molecular complexity index is 724. The van der Waals surface area contributed by atoms with Crippen molar-refractivity contribution in [1.29, 1.82) is 0 Å². The van der Waals surface area contributed by atoms with Gasteiger partial charge in [-0.2, -0.15) is 0 Å². The largest absolute Gasteiger partial charge is 0.493 e. The molecule has 0 N–H and O–H groups in total. The van der Waals surface area contributed by atoms with Crippen LogP contribution in [0.3, 0.4) is 0 Å². The molecule has 0 saturated carbocycles. The van der Waals surface area contributed by atoms with Crippen LogP contribution in [0.4, 0.5) is 0 Å². The normalized spacial score (nSPS) is 12.8. The molecule has 0 saturated heterocycles. The first-order valence-corrected chi connectivity index (χ1v) is 8.10. The molecule has 5 nitrogen and oxygen atoms in total. The minimum atomic E-state index is 0.0884. The number of carbonyl (C=O) groups excluding carboxylic acids is 1. The Morgan fingerprint density at radius 2 is 2.36 bits per heavy atom. The number of aryl methyl sites for hydroxylation is 1. The van der Waals surface area contributed by atoms with Crippen molar-refractivity contribution in [3.05, 3.63) is 47.8 Å². The van der Waals surface area contributed by atoms with Crippen molar-refractivity contribution in [1.82, 2.24) is 14.8 Å². The maximum Gasteiger partial charge on any atom is 0.191 e. The van der Waals surface area contributed by atoms with Gasteiger partial charge < -0.3 is 9.30 Å². The maximum absolute atomic E-state index is 12.4. The van der Waals surface area contributed by atoms with Gasteiger partial charge in [-0.25, -0.2) is 0 Å². The van der Waals surface area contributed by atoms with Crippen LogP contribution in [0.25, 0.3) is 0 Å². The number of carbonyl (C=O) groups is 1. The van der Waals surface area contributed by atoms with E-state index in [0.29, 0.717) is 18.9 Å². The van der Waals surface area contributed by atoms with Crippen LogP contribution in [0.2, 0.25) is 0 Å². The Morgan fingerprint density at radius 1 is 1.50 bits per heavy atom. The number of ketones is 1. The average Bonchev–Trinajstić information content (AvgIpc) is 3.12. The minimum absolute atomic E-state index is 0.0884. The Hall–Kier alpha value is -2.08. The van der Waals surface area contributed by atoms with Crippen molar-refractivity contribution in [2.45, 2.75) is 25.0 Å². The molecule has 0 unspecified atom stereocenters. The monoisotopic (exact) mass is 315 g/mol. The summed E-state index contributed by atoms with van der Waals surface area (Å²) in [5.41, 5.74) is 1.84. The summed E-state index contributed by atoms with van der Waals surface area (Å²) in [5, 5.41) is 8.91. The molecular formula is C16H17N3O2S. The van der Waals surface area contributed by atoms with E-state index in [0.717, 1.165) is 34.3 Å². The van der Waals surface area contributed by atoms with Crippen LogP contribution in [0.1, 0.15) is 21.7 Å². The molecule has 1 aliphatic rings. The number of thioether (sulfide) groups is 1. The molecule has 0 radical (unpaired) electrons. The second-order valence-corrected chi connectivity index (χ2v) is 6.00. The standard InChI is InChI=1S/C16H17N3O2S/c1-3-7-19-11(2)17-18-16(19)22-10-14(20)12-4-5-15-13(9-12)6-8-21-15/h3-5,9H,1,6-8,10H2,2H3.